The number of hydrogen-bond acceptors (Lipinski definition) is 11. The molecule has 0 bridgehead atoms. The van der Waals surface area contributed by atoms with Gasteiger partial charge in [-0.05, 0) is 0 Å². The molecule has 0 aliphatic carbocycles. The molecule has 0 spiro atoms. The summed E-state index contributed by atoms with van der Waals surface area (Å²) in [5, 5.41) is 20.3. The van der Waals surface area contributed by atoms with E-state index in [1.54, 1.807) is 0 Å². The second kappa shape index (κ2) is 8.48. The largest absolute Gasteiger partial charge is 0.394 e. The molecule has 3 heterocycles. The molecule has 0 saturated carbocycles. The van der Waals surface area contributed by atoms with E-state index in [1.165, 1.54) is 23.6 Å². The standard InChI is InChI=1S/C11H16N8O3.H2O4S/c12-9-6-10(16-3-15-9)19(4-17-6)11-8(21)7(20)5(22-11)1-14-2-18-13;1-5(2,3)4/h2-5,7-8,11,20-21H,1,13H2,(H,14,18)(H2,12,15,16);(H2,1,2,3,4)/t5-,7-,8-,11-;/m1./s1. The van der Waals surface area contributed by atoms with Gasteiger partial charge in [-0.3, -0.25) is 18.7 Å². The van der Waals surface area contributed by atoms with Crippen LogP contribution in [0.15, 0.2) is 17.6 Å². The molecule has 0 radical (unpaired) electrons. The second-order valence-corrected chi connectivity index (χ2v) is 6.13. The number of anilines is 1. The highest BCUT2D eigenvalue weighted by atomic mass is 32.3. The summed E-state index contributed by atoms with van der Waals surface area (Å²) in [6, 6.07) is 0. The van der Waals surface area contributed by atoms with Gasteiger partial charge < -0.3 is 26.1 Å². The molecule has 4 atom stereocenters. The highest BCUT2D eigenvalue weighted by Crippen LogP contribution is 2.31. The number of fused-ring (bicyclic) bond motifs is 1. The van der Waals surface area contributed by atoms with Gasteiger partial charge >= 0.3 is 10.4 Å². The fourth-order valence-electron chi connectivity index (χ4n) is 2.38. The van der Waals surface area contributed by atoms with Crippen LogP contribution in [0.4, 0.5) is 5.82 Å². The van der Waals surface area contributed by atoms with Crippen LogP contribution < -0.4 is 17.0 Å². The van der Waals surface area contributed by atoms with Crippen molar-refractivity contribution in [3.63, 3.8) is 0 Å². The van der Waals surface area contributed by atoms with Crippen molar-refractivity contribution in [1.82, 2.24) is 24.9 Å². The Labute approximate surface area is 152 Å². The van der Waals surface area contributed by atoms with Crippen LogP contribution in [0.3, 0.4) is 0 Å². The van der Waals surface area contributed by atoms with Crippen LogP contribution in [0, 0.1) is 0 Å². The molecule has 0 unspecified atom stereocenters. The molecule has 9 N–H and O–H groups in total. The van der Waals surface area contributed by atoms with E-state index in [2.05, 4.69) is 25.4 Å². The maximum absolute atomic E-state index is 10.2. The van der Waals surface area contributed by atoms with E-state index in [-0.39, 0.29) is 12.4 Å². The first kappa shape index (κ1) is 20.8. The van der Waals surface area contributed by atoms with Gasteiger partial charge in [-0.25, -0.2) is 20.8 Å². The Kier molecular flexibility index (Phi) is 6.54. The molecule has 2 aromatic heterocycles. The summed E-state index contributed by atoms with van der Waals surface area (Å²) in [5.41, 5.74) is 8.79. The lowest BCUT2D eigenvalue weighted by Gasteiger charge is -2.16. The van der Waals surface area contributed by atoms with Crippen LogP contribution in [-0.2, 0) is 15.1 Å². The van der Waals surface area contributed by atoms with Crippen LogP contribution >= 0.6 is 0 Å². The quantitative estimate of drug-likeness (QED) is 0.0873. The van der Waals surface area contributed by atoms with Gasteiger partial charge in [0.25, 0.3) is 0 Å². The van der Waals surface area contributed by atoms with Gasteiger partial charge in [0, 0.05) is 0 Å². The van der Waals surface area contributed by atoms with Crippen molar-refractivity contribution < 1.29 is 32.5 Å². The van der Waals surface area contributed by atoms with Gasteiger partial charge in [0.15, 0.2) is 17.7 Å². The minimum Gasteiger partial charge on any atom is -0.387 e. The molecule has 0 aromatic carbocycles. The van der Waals surface area contributed by atoms with E-state index >= 15 is 0 Å². The Hall–Kier alpha value is -2.47. The minimum atomic E-state index is -4.67. The van der Waals surface area contributed by atoms with E-state index < -0.39 is 34.9 Å². The Morgan fingerprint density at radius 2 is 1.96 bits per heavy atom. The molecule has 150 valence electrons. The van der Waals surface area contributed by atoms with Gasteiger partial charge in [-0.1, -0.05) is 0 Å². The van der Waals surface area contributed by atoms with Crippen molar-refractivity contribution in [2.45, 2.75) is 24.5 Å². The summed E-state index contributed by atoms with van der Waals surface area (Å²) >= 11 is 0. The lowest BCUT2D eigenvalue weighted by molar-refractivity contribution is -0.0320. The molecule has 1 aliphatic heterocycles. The van der Waals surface area contributed by atoms with Gasteiger partial charge in [-0.2, -0.15) is 8.42 Å². The molecule has 1 fully saturated rings. The second-order valence-electron chi connectivity index (χ2n) is 5.24. The minimum absolute atomic E-state index is 0.142. The summed E-state index contributed by atoms with van der Waals surface area (Å²) in [6.07, 6.45) is 0.222. The number of nitrogens with zero attached hydrogens (tertiary/aromatic N) is 5. The molecule has 0 amide bonds. The summed E-state index contributed by atoms with van der Waals surface area (Å²) in [5.74, 6) is 5.29. The first-order valence-electron chi connectivity index (χ1n) is 7.22. The zero-order valence-corrected chi connectivity index (χ0v) is 14.4. The van der Waals surface area contributed by atoms with Crippen LogP contribution in [0.25, 0.3) is 11.2 Å². The fraction of sp³-hybridized carbons (Fsp3) is 0.455. The first-order valence-corrected chi connectivity index (χ1v) is 8.62. The van der Waals surface area contributed by atoms with Crippen LogP contribution in [0.1, 0.15) is 6.23 Å². The van der Waals surface area contributed by atoms with Gasteiger partial charge in [0.1, 0.15) is 30.2 Å². The van der Waals surface area contributed by atoms with Crippen molar-refractivity contribution in [3.05, 3.63) is 12.7 Å². The maximum atomic E-state index is 10.2. The van der Waals surface area contributed by atoms with Crippen molar-refractivity contribution in [2.75, 3.05) is 12.3 Å². The molecule has 27 heavy (non-hydrogen) atoms. The third-order valence-corrected chi connectivity index (χ3v) is 3.45. The number of nitrogens with two attached hydrogens (primary N) is 2. The number of nitrogen functional groups attached to an aromatic ring is 1. The summed E-state index contributed by atoms with van der Waals surface area (Å²) in [7, 11) is -4.67. The number of hydrogen-bond donors (Lipinski definition) is 7. The number of ether oxygens (including phenoxy) is 1. The number of aliphatic imine (C=N–C) groups is 1. The monoisotopic (exact) mass is 406 g/mol. The van der Waals surface area contributed by atoms with E-state index in [4.69, 9.17) is 33.8 Å². The van der Waals surface area contributed by atoms with Crippen LogP contribution in [-0.4, -0.2) is 78.5 Å². The molecular formula is C11H18N8O7S. The van der Waals surface area contributed by atoms with E-state index in [1.807, 2.05) is 0 Å². The lowest BCUT2D eigenvalue weighted by Crippen LogP contribution is -2.33. The van der Waals surface area contributed by atoms with Gasteiger partial charge in [0.05, 0.1) is 19.2 Å². The number of aliphatic hydroxyl groups is 2. The number of nitrogens with one attached hydrogen (secondary N) is 1. The summed E-state index contributed by atoms with van der Waals surface area (Å²) < 4.78 is 38.8. The molecule has 16 heteroatoms. The third-order valence-electron chi connectivity index (χ3n) is 3.45. The topological polar surface area (TPSA) is 244 Å². The Morgan fingerprint density at radius 3 is 2.59 bits per heavy atom. The SMILES string of the molecule is NNC=NC[C@H]1O[C@@H](n2cnc3c(N)ncnc32)[C@H](O)[C@@H]1O.O=S(=O)(O)O. The molecular weight excluding hydrogens is 388 g/mol. The normalized spacial score (nSPS) is 25.5. The highest BCUT2D eigenvalue weighted by Gasteiger charge is 2.44. The summed E-state index contributed by atoms with van der Waals surface area (Å²) in [4.78, 5) is 16.0. The van der Waals surface area contributed by atoms with Crippen molar-refractivity contribution >= 4 is 33.7 Å². The molecule has 1 saturated heterocycles. The fourth-order valence-corrected chi connectivity index (χ4v) is 2.38. The zero-order chi connectivity index (χ0) is 20.2. The van der Waals surface area contributed by atoms with E-state index in [0.29, 0.717) is 11.2 Å². The number of rotatable bonds is 4. The molecule has 1 aliphatic rings. The Balaban J connectivity index is 0.000000465. The Bertz CT molecular complexity index is 895. The molecule has 2 aromatic rings. The van der Waals surface area contributed by atoms with Crippen molar-refractivity contribution in [2.24, 2.45) is 10.8 Å². The van der Waals surface area contributed by atoms with E-state index in [9.17, 15) is 10.2 Å². The van der Waals surface area contributed by atoms with Crippen molar-refractivity contribution in [1.29, 1.82) is 0 Å². The first-order chi connectivity index (χ1) is 12.6. The smallest absolute Gasteiger partial charge is 0.387 e. The van der Waals surface area contributed by atoms with E-state index in [0.717, 1.165) is 0 Å². The number of aliphatic hydroxyl groups excluding tert-OH is 2. The number of imidazole rings is 1. The number of aromatic nitrogens is 4. The van der Waals surface area contributed by atoms with Crippen LogP contribution in [0.2, 0.25) is 0 Å². The van der Waals surface area contributed by atoms with Gasteiger partial charge in [-0.15, -0.1) is 0 Å². The lowest BCUT2D eigenvalue weighted by atomic mass is 10.1. The number of hydrazine groups is 1. The Morgan fingerprint density at radius 1 is 1.30 bits per heavy atom. The molecule has 3 rings (SSSR count). The summed E-state index contributed by atoms with van der Waals surface area (Å²) in [6.45, 7) is 0.142. The average Bonchev–Trinajstić information content (AvgIpc) is 3.11. The predicted molar refractivity (Wildman–Crippen MR) is 90.5 cm³/mol. The predicted octanol–water partition coefficient (Wildman–Crippen LogP) is -3.13. The maximum Gasteiger partial charge on any atom is 0.394 e. The average molecular weight is 406 g/mol. The van der Waals surface area contributed by atoms with Crippen LogP contribution in [0.5, 0.6) is 0 Å². The highest BCUT2D eigenvalue weighted by molar-refractivity contribution is 7.79. The van der Waals surface area contributed by atoms with Gasteiger partial charge in [0.2, 0.25) is 0 Å². The zero-order valence-electron chi connectivity index (χ0n) is 13.6. The third kappa shape index (κ3) is 5.26. The van der Waals surface area contributed by atoms with Crippen molar-refractivity contribution in [3.8, 4) is 0 Å². The molecule has 15 nitrogen and oxygen atoms in total.